The van der Waals surface area contributed by atoms with Crippen molar-refractivity contribution in [3.63, 3.8) is 0 Å². The molecular formula is CoIrRhRu. The average molecular weight is 455 g/mol. The second kappa shape index (κ2) is 18.1. The molecule has 35 valence electrons. The molecule has 0 aliphatic rings. The van der Waals surface area contributed by atoms with Gasteiger partial charge in [0.05, 0.1) is 0 Å². The Morgan fingerprint density at radius 2 is 1.00 bits per heavy atom. The van der Waals surface area contributed by atoms with E-state index in [0.29, 0.717) is 0 Å². The fourth-order valence-electron chi connectivity index (χ4n) is 0. The molecule has 0 saturated carbocycles. The Bertz CT molecular complexity index is 8.00. The molecule has 0 fully saturated rings. The van der Waals surface area contributed by atoms with Gasteiger partial charge in [0.25, 0.3) is 0 Å². The van der Waals surface area contributed by atoms with Crippen molar-refractivity contribution in [1.29, 1.82) is 0 Å². The Balaban J connectivity index is 0. The van der Waals surface area contributed by atoms with Crippen molar-refractivity contribution in [2.24, 2.45) is 0 Å². The molecule has 0 N–H and O–H groups in total. The van der Waals surface area contributed by atoms with Crippen molar-refractivity contribution in [2.45, 2.75) is 0 Å². The summed E-state index contributed by atoms with van der Waals surface area (Å²) >= 11 is 0. The predicted octanol–water partition coefficient (Wildman–Crippen LogP) is -0.0100. The Labute approximate surface area is 74.9 Å². The van der Waals surface area contributed by atoms with Crippen LogP contribution in [0.25, 0.3) is 0 Å². The van der Waals surface area contributed by atoms with Crippen molar-refractivity contribution in [3.8, 4) is 0 Å². The van der Waals surface area contributed by atoms with Crippen molar-refractivity contribution >= 4 is 0 Å². The quantitative estimate of drug-likeness (QED) is 0.452. The van der Waals surface area contributed by atoms with Crippen LogP contribution >= 0.6 is 0 Å². The minimum absolute atomic E-state index is 0. The van der Waals surface area contributed by atoms with Crippen LogP contribution in [0.2, 0.25) is 0 Å². The summed E-state index contributed by atoms with van der Waals surface area (Å²) in [5.41, 5.74) is 0. The first-order valence-corrected chi connectivity index (χ1v) is 0. The van der Waals surface area contributed by atoms with Gasteiger partial charge in [-0.25, -0.2) is 0 Å². The minimum Gasteiger partial charge on any atom is 0 e. The molecular weight excluding hydrogens is 455 g/mol. The van der Waals surface area contributed by atoms with Gasteiger partial charge in [-0.05, 0) is 0 Å². The fraction of sp³-hybridized carbons (Fsp3) is 0. The van der Waals surface area contributed by atoms with Crippen LogP contribution < -0.4 is 0 Å². The van der Waals surface area contributed by atoms with E-state index in [9.17, 15) is 0 Å². The summed E-state index contributed by atoms with van der Waals surface area (Å²) in [6.45, 7) is 0. The van der Waals surface area contributed by atoms with Crippen LogP contribution in [0.1, 0.15) is 0 Å². The number of rotatable bonds is 0. The van der Waals surface area contributed by atoms with Gasteiger partial charge >= 0.3 is 0 Å². The summed E-state index contributed by atoms with van der Waals surface area (Å²) < 4.78 is 0. The van der Waals surface area contributed by atoms with Crippen LogP contribution in [0.4, 0.5) is 0 Å². The van der Waals surface area contributed by atoms with Crippen LogP contribution in [0.15, 0.2) is 0 Å². The zero-order valence-corrected chi connectivity index (χ0v) is 8.17. The van der Waals surface area contributed by atoms with Gasteiger partial charge in [-0.1, -0.05) is 0 Å². The molecule has 0 rings (SSSR count). The Morgan fingerprint density at radius 3 is 1.00 bits per heavy atom. The fourth-order valence-corrected chi connectivity index (χ4v) is 0. The molecule has 0 bridgehead atoms. The summed E-state index contributed by atoms with van der Waals surface area (Å²) in [5.74, 6) is 0. The van der Waals surface area contributed by atoms with Gasteiger partial charge in [-0.2, -0.15) is 0 Å². The third-order valence-corrected chi connectivity index (χ3v) is 0. The van der Waals surface area contributed by atoms with Crippen molar-refractivity contribution < 1.29 is 75.8 Å². The standard InChI is InChI=1S/Co.Ir.Rh.Ru. The predicted molar refractivity (Wildman–Crippen MR) is 0 cm³/mol. The van der Waals surface area contributed by atoms with Crippen LogP contribution in [0.5, 0.6) is 0 Å². The molecule has 3 radical (unpaired) electrons. The Kier molecular flexibility index (Phi) is 147. The van der Waals surface area contributed by atoms with Crippen molar-refractivity contribution in [1.82, 2.24) is 0 Å². The molecule has 0 amide bonds. The van der Waals surface area contributed by atoms with E-state index in [-0.39, 0.29) is 75.8 Å². The molecule has 0 aliphatic carbocycles. The van der Waals surface area contributed by atoms with Crippen molar-refractivity contribution in [2.75, 3.05) is 0 Å². The normalized spacial score (nSPS) is 0. The van der Waals surface area contributed by atoms with Crippen molar-refractivity contribution in [3.05, 3.63) is 0 Å². The molecule has 0 heterocycles. The third kappa shape index (κ3) is 8.83. The number of hydrogen-bond acceptors (Lipinski definition) is 0. The summed E-state index contributed by atoms with van der Waals surface area (Å²) in [4.78, 5) is 0. The smallest absolute Gasteiger partial charge is 0 e. The van der Waals surface area contributed by atoms with Crippen LogP contribution in [0, 0.1) is 0 Å². The van der Waals surface area contributed by atoms with E-state index in [1.54, 1.807) is 0 Å². The summed E-state index contributed by atoms with van der Waals surface area (Å²) in [7, 11) is 0. The summed E-state index contributed by atoms with van der Waals surface area (Å²) in [6.07, 6.45) is 0. The average Bonchev–Trinajstić information content (AvgIpc) is 0. The SMILES string of the molecule is [Co].[Ir].[Rh].[Ru]. The maximum Gasteiger partial charge on any atom is 0 e. The van der Waals surface area contributed by atoms with Gasteiger partial charge in [-0.15, -0.1) is 0 Å². The van der Waals surface area contributed by atoms with Gasteiger partial charge in [0.15, 0.2) is 0 Å². The summed E-state index contributed by atoms with van der Waals surface area (Å²) in [6, 6.07) is 0. The molecule has 4 heavy (non-hydrogen) atoms. The van der Waals surface area contributed by atoms with Gasteiger partial charge in [0.2, 0.25) is 0 Å². The van der Waals surface area contributed by atoms with E-state index >= 15 is 0 Å². The van der Waals surface area contributed by atoms with E-state index in [2.05, 4.69) is 0 Å². The number of hydrogen-bond donors (Lipinski definition) is 0. The maximum absolute atomic E-state index is 0. The van der Waals surface area contributed by atoms with Crippen LogP contribution in [-0.4, -0.2) is 0 Å². The Hall–Kier alpha value is 2.40. The third-order valence-electron chi connectivity index (χ3n) is 0. The molecule has 4 heteroatoms. The topological polar surface area (TPSA) is 0 Å². The largest absolute Gasteiger partial charge is 0 e. The van der Waals surface area contributed by atoms with E-state index in [1.807, 2.05) is 0 Å². The van der Waals surface area contributed by atoms with E-state index in [4.69, 9.17) is 0 Å². The minimum atomic E-state index is 0. The van der Waals surface area contributed by atoms with Gasteiger partial charge in [0, 0.05) is 75.8 Å². The summed E-state index contributed by atoms with van der Waals surface area (Å²) in [5, 5.41) is 0. The molecule has 0 aromatic heterocycles. The van der Waals surface area contributed by atoms with E-state index in [1.165, 1.54) is 0 Å². The molecule has 0 atom stereocenters. The zero-order chi connectivity index (χ0) is 0. The first-order chi connectivity index (χ1) is 0. The molecule has 0 aromatic carbocycles. The maximum atomic E-state index is 0. The molecule has 0 unspecified atom stereocenters. The van der Waals surface area contributed by atoms with Crippen LogP contribution in [-0.2, 0) is 75.8 Å². The van der Waals surface area contributed by atoms with Gasteiger partial charge < -0.3 is 0 Å². The monoisotopic (exact) mass is 457 g/mol. The molecule has 0 aliphatic heterocycles. The molecule has 0 spiro atoms. The molecule has 0 aromatic rings. The zero-order valence-electron chi connectivity index (χ0n) is 1.35. The van der Waals surface area contributed by atoms with E-state index < -0.39 is 0 Å². The first-order valence-electron chi connectivity index (χ1n) is 0. The van der Waals surface area contributed by atoms with Gasteiger partial charge in [0.1, 0.15) is 0 Å². The Morgan fingerprint density at radius 1 is 1.00 bits per heavy atom. The second-order valence-electron chi connectivity index (χ2n) is 0. The molecule has 0 nitrogen and oxygen atoms in total. The second-order valence-corrected chi connectivity index (χ2v) is 0. The van der Waals surface area contributed by atoms with Crippen LogP contribution in [0.3, 0.4) is 0 Å². The first kappa shape index (κ1) is 32.4. The van der Waals surface area contributed by atoms with Gasteiger partial charge in [-0.3, -0.25) is 0 Å². The van der Waals surface area contributed by atoms with E-state index in [0.717, 1.165) is 0 Å². The molecule has 0 saturated heterocycles.